The van der Waals surface area contributed by atoms with Crippen LogP contribution >= 0.6 is 0 Å². The summed E-state index contributed by atoms with van der Waals surface area (Å²) in [7, 11) is 0. The Morgan fingerprint density at radius 1 is 0.828 bits per heavy atom. The summed E-state index contributed by atoms with van der Waals surface area (Å²) >= 11 is 0. The molecule has 2 N–H and O–H groups in total. The lowest BCUT2D eigenvalue weighted by molar-refractivity contribution is -0.142. The van der Waals surface area contributed by atoms with E-state index in [0.29, 0.717) is 11.1 Å². The van der Waals surface area contributed by atoms with Gasteiger partial charge in [0.05, 0.1) is 0 Å². The Bertz CT molecular complexity index is 893. The minimum absolute atomic E-state index is 0.000255. The number of hydrogen-bond acceptors (Lipinski definition) is 5. The van der Waals surface area contributed by atoms with Crippen molar-refractivity contribution in [3.8, 4) is 0 Å². The number of ether oxygens (including phenoxy) is 1. The standard InChI is InChI=1S/C22H24N2O5/c1-15-11-12-18(13-16(15)2)19(25)14-29-21(27)10-6-9-20(26)23-24-22(28)17-7-4-3-5-8-17/h3-5,7-8,11-13H,6,9-10,14H2,1-2H3,(H,23,26)(H,24,28). The van der Waals surface area contributed by atoms with E-state index in [1.165, 1.54) is 0 Å². The summed E-state index contributed by atoms with van der Waals surface area (Å²) in [5.74, 6) is -1.68. The van der Waals surface area contributed by atoms with Gasteiger partial charge in [-0.05, 0) is 49.6 Å². The number of aryl methyl sites for hydroxylation is 2. The predicted octanol–water partition coefficient (Wildman–Crippen LogP) is 2.66. The lowest BCUT2D eigenvalue weighted by atomic mass is 10.0. The molecule has 2 aromatic rings. The van der Waals surface area contributed by atoms with Gasteiger partial charge in [-0.1, -0.05) is 30.3 Å². The Balaban J connectivity index is 1.63. The van der Waals surface area contributed by atoms with E-state index < -0.39 is 17.8 Å². The zero-order valence-electron chi connectivity index (χ0n) is 16.5. The first kappa shape index (κ1) is 21.8. The minimum atomic E-state index is -0.552. The molecule has 0 aliphatic heterocycles. The highest BCUT2D eigenvalue weighted by Crippen LogP contribution is 2.11. The minimum Gasteiger partial charge on any atom is -0.457 e. The quantitative estimate of drug-likeness (QED) is 0.406. The van der Waals surface area contributed by atoms with Crippen LogP contribution in [0.15, 0.2) is 48.5 Å². The highest BCUT2D eigenvalue weighted by molar-refractivity contribution is 5.98. The van der Waals surface area contributed by atoms with Crippen LogP contribution in [-0.4, -0.2) is 30.2 Å². The van der Waals surface area contributed by atoms with Crippen LogP contribution in [0.1, 0.15) is 51.1 Å². The molecule has 152 valence electrons. The van der Waals surface area contributed by atoms with Gasteiger partial charge >= 0.3 is 5.97 Å². The maximum absolute atomic E-state index is 12.1. The summed E-state index contributed by atoms with van der Waals surface area (Å²) < 4.78 is 4.98. The van der Waals surface area contributed by atoms with Gasteiger partial charge < -0.3 is 4.74 Å². The Kier molecular flexibility index (Phi) is 8.09. The maximum Gasteiger partial charge on any atom is 0.306 e. The normalized spacial score (nSPS) is 10.1. The number of Topliss-reactive ketones (excluding diaryl/α,β-unsaturated/α-hetero) is 1. The Morgan fingerprint density at radius 2 is 1.55 bits per heavy atom. The third-order valence-electron chi connectivity index (χ3n) is 4.33. The number of rotatable bonds is 8. The number of esters is 1. The molecule has 2 amide bonds. The van der Waals surface area contributed by atoms with Gasteiger partial charge in [0.1, 0.15) is 0 Å². The number of carbonyl (C=O) groups excluding carboxylic acids is 4. The fourth-order valence-corrected chi connectivity index (χ4v) is 2.46. The Hall–Kier alpha value is -3.48. The Labute approximate surface area is 169 Å². The van der Waals surface area contributed by atoms with Crippen molar-refractivity contribution in [2.45, 2.75) is 33.1 Å². The van der Waals surface area contributed by atoms with Crippen molar-refractivity contribution in [3.63, 3.8) is 0 Å². The third kappa shape index (κ3) is 7.21. The van der Waals surface area contributed by atoms with Crippen molar-refractivity contribution in [2.24, 2.45) is 0 Å². The van der Waals surface area contributed by atoms with E-state index in [-0.39, 0.29) is 31.7 Å². The molecule has 0 aromatic heterocycles. The van der Waals surface area contributed by atoms with Gasteiger partial charge in [0.2, 0.25) is 5.91 Å². The lowest BCUT2D eigenvalue weighted by Crippen LogP contribution is -2.41. The maximum atomic E-state index is 12.1. The van der Waals surface area contributed by atoms with Crippen molar-refractivity contribution in [3.05, 3.63) is 70.8 Å². The molecule has 29 heavy (non-hydrogen) atoms. The SMILES string of the molecule is Cc1ccc(C(=O)COC(=O)CCCC(=O)NNC(=O)c2ccccc2)cc1C. The van der Waals surface area contributed by atoms with Crippen LogP contribution in [0, 0.1) is 13.8 Å². The lowest BCUT2D eigenvalue weighted by Gasteiger charge is -2.08. The average molecular weight is 396 g/mol. The Morgan fingerprint density at radius 3 is 2.24 bits per heavy atom. The molecule has 0 radical (unpaired) electrons. The van der Waals surface area contributed by atoms with Crippen LogP contribution in [-0.2, 0) is 14.3 Å². The van der Waals surface area contributed by atoms with Gasteiger partial charge in [-0.3, -0.25) is 30.0 Å². The van der Waals surface area contributed by atoms with Crippen molar-refractivity contribution in [1.82, 2.24) is 10.9 Å². The number of hydrazine groups is 1. The van der Waals surface area contributed by atoms with E-state index >= 15 is 0 Å². The fourth-order valence-electron chi connectivity index (χ4n) is 2.46. The molecule has 0 heterocycles. The zero-order valence-corrected chi connectivity index (χ0v) is 16.5. The van der Waals surface area contributed by atoms with E-state index in [1.807, 2.05) is 19.9 Å². The third-order valence-corrected chi connectivity index (χ3v) is 4.33. The van der Waals surface area contributed by atoms with Crippen LogP contribution in [0.5, 0.6) is 0 Å². The number of nitrogens with one attached hydrogen (secondary N) is 2. The fraction of sp³-hybridized carbons (Fsp3) is 0.273. The van der Waals surface area contributed by atoms with E-state index in [4.69, 9.17) is 4.74 Å². The molecular weight excluding hydrogens is 372 g/mol. The molecule has 0 aliphatic carbocycles. The molecule has 0 spiro atoms. The van der Waals surface area contributed by atoms with E-state index in [1.54, 1.807) is 42.5 Å². The molecule has 0 bridgehead atoms. The second kappa shape index (κ2) is 10.8. The molecular formula is C22H24N2O5. The van der Waals surface area contributed by atoms with E-state index in [0.717, 1.165) is 11.1 Å². The highest BCUT2D eigenvalue weighted by Gasteiger charge is 2.12. The van der Waals surface area contributed by atoms with Crippen molar-refractivity contribution >= 4 is 23.6 Å². The first-order valence-electron chi connectivity index (χ1n) is 9.27. The topological polar surface area (TPSA) is 102 Å². The van der Waals surface area contributed by atoms with E-state index in [9.17, 15) is 19.2 Å². The number of benzene rings is 2. The smallest absolute Gasteiger partial charge is 0.306 e. The molecule has 0 atom stereocenters. The molecule has 0 saturated carbocycles. The molecule has 7 heteroatoms. The number of amides is 2. The summed E-state index contributed by atoms with van der Waals surface area (Å²) in [6.45, 7) is 3.53. The number of ketones is 1. The van der Waals surface area contributed by atoms with Gasteiger partial charge in [-0.2, -0.15) is 0 Å². The summed E-state index contributed by atoms with van der Waals surface area (Å²) in [4.78, 5) is 47.4. The van der Waals surface area contributed by atoms with Crippen LogP contribution < -0.4 is 10.9 Å². The van der Waals surface area contributed by atoms with Gasteiger partial charge in [-0.25, -0.2) is 0 Å². The highest BCUT2D eigenvalue weighted by atomic mass is 16.5. The predicted molar refractivity (Wildman–Crippen MR) is 107 cm³/mol. The van der Waals surface area contributed by atoms with Crippen LogP contribution in [0.2, 0.25) is 0 Å². The number of hydrogen-bond donors (Lipinski definition) is 2. The van der Waals surface area contributed by atoms with Crippen LogP contribution in [0.3, 0.4) is 0 Å². The van der Waals surface area contributed by atoms with Gasteiger partial charge in [-0.15, -0.1) is 0 Å². The van der Waals surface area contributed by atoms with Crippen LogP contribution in [0.4, 0.5) is 0 Å². The molecule has 2 aromatic carbocycles. The molecule has 2 rings (SSSR count). The average Bonchev–Trinajstić information content (AvgIpc) is 2.72. The second-order valence-electron chi connectivity index (χ2n) is 6.60. The molecule has 0 fully saturated rings. The van der Waals surface area contributed by atoms with Crippen molar-refractivity contribution < 1.29 is 23.9 Å². The van der Waals surface area contributed by atoms with E-state index in [2.05, 4.69) is 10.9 Å². The summed E-state index contributed by atoms with van der Waals surface area (Å²) in [5, 5.41) is 0. The number of carbonyl (C=O) groups is 4. The molecule has 0 saturated heterocycles. The first-order chi connectivity index (χ1) is 13.9. The van der Waals surface area contributed by atoms with Gasteiger partial charge in [0, 0.05) is 24.0 Å². The van der Waals surface area contributed by atoms with Gasteiger partial charge in [0.15, 0.2) is 12.4 Å². The monoisotopic (exact) mass is 396 g/mol. The molecule has 0 aliphatic rings. The largest absolute Gasteiger partial charge is 0.457 e. The summed E-state index contributed by atoms with van der Waals surface area (Å²) in [6.07, 6.45) is 0.277. The van der Waals surface area contributed by atoms with Crippen molar-refractivity contribution in [2.75, 3.05) is 6.61 Å². The van der Waals surface area contributed by atoms with Crippen LogP contribution in [0.25, 0.3) is 0 Å². The second-order valence-corrected chi connectivity index (χ2v) is 6.60. The summed E-state index contributed by atoms with van der Waals surface area (Å²) in [5.41, 5.74) is 7.59. The first-order valence-corrected chi connectivity index (χ1v) is 9.27. The zero-order chi connectivity index (χ0) is 21.2. The molecule has 7 nitrogen and oxygen atoms in total. The summed E-state index contributed by atoms with van der Waals surface area (Å²) in [6, 6.07) is 13.8. The van der Waals surface area contributed by atoms with Gasteiger partial charge in [0.25, 0.3) is 5.91 Å². The molecule has 0 unspecified atom stereocenters. The van der Waals surface area contributed by atoms with Crippen molar-refractivity contribution in [1.29, 1.82) is 0 Å².